The van der Waals surface area contributed by atoms with Gasteiger partial charge < -0.3 is 15.0 Å². The lowest BCUT2D eigenvalue weighted by atomic mass is 10.1. The second-order valence-corrected chi connectivity index (χ2v) is 6.86. The zero-order chi connectivity index (χ0) is 18.8. The van der Waals surface area contributed by atoms with Gasteiger partial charge in [0.25, 0.3) is 5.91 Å². The zero-order valence-corrected chi connectivity index (χ0v) is 16.0. The number of anilines is 2. The van der Waals surface area contributed by atoms with Gasteiger partial charge in [-0.15, -0.1) is 0 Å². The number of aryl methyl sites for hydroxylation is 2. The summed E-state index contributed by atoms with van der Waals surface area (Å²) in [7, 11) is 1.86. The smallest absolute Gasteiger partial charge is 0.274 e. The molecule has 0 aromatic carbocycles. The molecule has 0 atom stereocenters. The number of amides is 1. The van der Waals surface area contributed by atoms with Crippen LogP contribution in [0.3, 0.4) is 0 Å². The number of aromatic nitrogens is 4. The van der Waals surface area contributed by atoms with Crippen molar-refractivity contribution in [2.24, 2.45) is 7.05 Å². The van der Waals surface area contributed by atoms with Gasteiger partial charge >= 0.3 is 0 Å². The van der Waals surface area contributed by atoms with E-state index in [2.05, 4.69) is 39.1 Å². The number of nitrogens with zero attached hydrogens (tertiary/aromatic N) is 5. The molecule has 0 aliphatic carbocycles. The molecule has 3 rings (SSSR count). The van der Waals surface area contributed by atoms with Crippen LogP contribution >= 0.6 is 0 Å². The van der Waals surface area contributed by atoms with Gasteiger partial charge in [-0.1, -0.05) is 13.8 Å². The number of hydrogen-bond donors (Lipinski definition) is 1. The summed E-state index contributed by atoms with van der Waals surface area (Å²) in [4.78, 5) is 24.1. The molecule has 0 bridgehead atoms. The Morgan fingerprint density at radius 2 is 1.92 bits per heavy atom. The minimum atomic E-state index is -0.247. The van der Waals surface area contributed by atoms with Gasteiger partial charge in [-0.3, -0.25) is 9.48 Å². The maximum Gasteiger partial charge on any atom is 0.274 e. The Morgan fingerprint density at radius 3 is 2.50 bits per heavy atom. The number of hydrogen-bond acceptors (Lipinski definition) is 6. The van der Waals surface area contributed by atoms with Gasteiger partial charge in [-0.25, -0.2) is 9.97 Å². The Hall–Kier alpha value is -2.48. The van der Waals surface area contributed by atoms with Gasteiger partial charge in [0.15, 0.2) is 0 Å². The van der Waals surface area contributed by atoms with Crippen LogP contribution < -0.4 is 10.2 Å². The zero-order valence-electron chi connectivity index (χ0n) is 16.0. The molecule has 8 heteroatoms. The van der Waals surface area contributed by atoms with Gasteiger partial charge in [-0.2, -0.15) is 5.10 Å². The van der Waals surface area contributed by atoms with Crippen LogP contribution in [0, 0.1) is 13.8 Å². The summed E-state index contributed by atoms with van der Waals surface area (Å²) in [6.07, 6.45) is 0. The molecule has 0 radical (unpaired) electrons. The molecule has 0 spiro atoms. The number of ether oxygens (including phenoxy) is 1. The summed E-state index contributed by atoms with van der Waals surface area (Å²) in [5.74, 6) is 0.540. The molecule has 2 aromatic heterocycles. The second kappa shape index (κ2) is 7.41. The summed E-state index contributed by atoms with van der Waals surface area (Å²) >= 11 is 0. The van der Waals surface area contributed by atoms with Crippen LogP contribution in [-0.4, -0.2) is 52.0 Å². The average Bonchev–Trinajstić information content (AvgIpc) is 2.88. The highest BCUT2D eigenvalue weighted by atomic mass is 16.5. The van der Waals surface area contributed by atoms with Crippen LogP contribution in [0.2, 0.25) is 0 Å². The molecule has 1 aliphatic rings. The summed E-state index contributed by atoms with van der Waals surface area (Å²) in [6, 6.07) is 1.77. The third-order valence-electron chi connectivity index (χ3n) is 4.60. The summed E-state index contributed by atoms with van der Waals surface area (Å²) in [5.41, 5.74) is 3.64. The van der Waals surface area contributed by atoms with Crippen LogP contribution in [0.5, 0.6) is 0 Å². The summed E-state index contributed by atoms with van der Waals surface area (Å²) < 4.78 is 7.15. The molecule has 2 aromatic rings. The number of rotatable bonds is 4. The van der Waals surface area contributed by atoms with Crippen LogP contribution in [-0.2, 0) is 11.8 Å². The molecule has 0 saturated carbocycles. The quantitative estimate of drug-likeness (QED) is 0.900. The molecule has 1 fully saturated rings. The van der Waals surface area contributed by atoms with E-state index in [1.165, 1.54) is 0 Å². The molecular weight excluding hydrogens is 332 g/mol. The maximum absolute atomic E-state index is 12.9. The Labute approximate surface area is 153 Å². The number of nitrogens with one attached hydrogen (secondary N) is 1. The fraction of sp³-hybridized carbons (Fsp3) is 0.556. The van der Waals surface area contributed by atoms with E-state index in [0.29, 0.717) is 24.9 Å². The van der Waals surface area contributed by atoms with Crippen molar-refractivity contribution in [3.8, 4) is 0 Å². The van der Waals surface area contributed by atoms with E-state index in [4.69, 9.17) is 4.74 Å². The predicted octanol–water partition coefficient (Wildman–Crippen LogP) is 2.04. The molecule has 0 unspecified atom stereocenters. The molecule has 1 saturated heterocycles. The standard InChI is InChI=1S/C18H26N6O2/c1-11(2)14-10-15(20-18(19-14)24-6-8-26-9-7-24)17(25)21-16-12(3)22-23(5)13(16)4/h10-11H,6-9H2,1-5H3,(H,21,25). The van der Waals surface area contributed by atoms with E-state index in [9.17, 15) is 4.79 Å². The van der Waals surface area contributed by atoms with Crippen molar-refractivity contribution in [2.45, 2.75) is 33.6 Å². The topological polar surface area (TPSA) is 85.2 Å². The van der Waals surface area contributed by atoms with E-state index in [1.54, 1.807) is 10.7 Å². The Balaban J connectivity index is 1.92. The molecular formula is C18H26N6O2. The normalized spacial score (nSPS) is 14.8. The van der Waals surface area contributed by atoms with E-state index in [-0.39, 0.29) is 11.8 Å². The highest BCUT2D eigenvalue weighted by Crippen LogP contribution is 2.21. The first-order chi connectivity index (χ1) is 12.4. The highest BCUT2D eigenvalue weighted by Gasteiger charge is 2.21. The van der Waals surface area contributed by atoms with Crippen molar-refractivity contribution in [1.29, 1.82) is 0 Å². The molecule has 140 valence electrons. The fourth-order valence-electron chi connectivity index (χ4n) is 2.90. The first kappa shape index (κ1) is 18.3. The van der Waals surface area contributed by atoms with Gasteiger partial charge in [0.2, 0.25) is 5.95 Å². The molecule has 26 heavy (non-hydrogen) atoms. The van der Waals surface area contributed by atoms with Crippen molar-refractivity contribution in [2.75, 3.05) is 36.5 Å². The van der Waals surface area contributed by atoms with Gasteiger partial charge in [0, 0.05) is 25.8 Å². The maximum atomic E-state index is 12.9. The second-order valence-electron chi connectivity index (χ2n) is 6.86. The molecule has 1 N–H and O–H groups in total. The van der Waals surface area contributed by atoms with Crippen molar-refractivity contribution < 1.29 is 9.53 Å². The molecule has 1 aliphatic heterocycles. The first-order valence-corrected chi connectivity index (χ1v) is 8.90. The third-order valence-corrected chi connectivity index (χ3v) is 4.60. The highest BCUT2D eigenvalue weighted by molar-refractivity contribution is 6.03. The average molecular weight is 358 g/mol. The van der Waals surface area contributed by atoms with E-state index in [0.717, 1.165) is 35.9 Å². The monoisotopic (exact) mass is 358 g/mol. The van der Waals surface area contributed by atoms with E-state index >= 15 is 0 Å². The summed E-state index contributed by atoms with van der Waals surface area (Å²) in [6.45, 7) is 10.7. The Kier molecular flexibility index (Phi) is 5.22. The lowest BCUT2D eigenvalue weighted by molar-refractivity contribution is 0.102. The first-order valence-electron chi connectivity index (χ1n) is 8.90. The number of morpholine rings is 1. The van der Waals surface area contributed by atoms with Crippen LogP contribution in [0.1, 0.15) is 47.3 Å². The molecule has 1 amide bonds. The van der Waals surface area contributed by atoms with E-state index in [1.807, 2.05) is 20.9 Å². The van der Waals surface area contributed by atoms with E-state index < -0.39 is 0 Å². The number of carbonyl (C=O) groups excluding carboxylic acids is 1. The minimum absolute atomic E-state index is 0.200. The van der Waals surface area contributed by atoms with Gasteiger partial charge in [0.1, 0.15) is 5.69 Å². The van der Waals surface area contributed by atoms with Gasteiger partial charge in [0.05, 0.1) is 30.3 Å². The van der Waals surface area contributed by atoms with Crippen LogP contribution in [0.25, 0.3) is 0 Å². The van der Waals surface area contributed by atoms with Gasteiger partial charge in [-0.05, 0) is 25.8 Å². The predicted molar refractivity (Wildman–Crippen MR) is 99.8 cm³/mol. The lowest BCUT2D eigenvalue weighted by Crippen LogP contribution is -2.38. The number of carbonyl (C=O) groups is 1. The fourth-order valence-corrected chi connectivity index (χ4v) is 2.90. The molecule has 3 heterocycles. The largest absolute Gasteiger partial charge is 0.378 e. The van der Waals surface area contributed by atoms with Crippen molar-refractivity contribution >= 4 is 17.5 Å². The van der Waals surface area contributed by atoms with Crippen LogP contribution in [0.4, 0.5) is 11.6 Å². The van der Waals surface area contributed by atoms with Crippen molar-refractivity contribution in [3.05, 3.63) is 28.8 Å². The third kappa shape index (κ3) is 3.70. The van der Waals surface area contributed by atoms with Crippen molar-refractivity contribution in [1.82, 2.24) is 19.7 Å². The molecule has 8 nitrogen and oxygen atoms in total. The minimum Gasteiger partial charge on any atom is -0.378 e. The Bertz CT molecular complexity index is 808. The van der Waals surface area contributed by atoms with Crippen LogP contribution in [0.15, 0.2) is 6.07 Å². The SMILES string of the molecule is Cc1nn(C)c(C)c1NC(=O)c1cc(C(C)C)nc(N2CCOCC2)n1. The lowest BCUT2D eigenvalue weighted by Gasteiger charge is -2.27. The van der Waals surface area contributed by atoms with Crippen molar-refractivity contribution in [3.63, 3.8) is 0 Å². The Morgan fingerprint density at radius 1 is 1.23 bits per heavy atom. The summed E-state index contributed by atoms with van der Waals surface area (Å²) in [5, 5.41) is 7.30.